The van der Waals surface area contributed by atoms with Crippen LogP contribution in [0.5, 0.6) is 0 Å². The molecule has 1 N–H and O–H groups in total. The van der Waals surface area contributed by atoms with E-state index in [2.05, 4.69) is 5.32 Å². The summed E-state index contributed by atoms with van der Waals surface area (Å²) in [5.41, 5.74) is 4.05. The van der Waals surface area contributed by atoms with Crippen LogP contribution in [-0.2, 0) is 10.0 Å². The van der Waals surface area contributed by atoms with E-state index in [1.54, 1.807) is 23.4 Å². The molecule has 0 unspecified atom stereocenters. The van der Waals surface area contributed by atoms with Crippen molar-refractivity contribution in [1.82, 2.24) is 9.62 Å². The van der Waals surface area contributed by atoms with Crippen LogP contribution in [0.25, 0.3) is 0 Å². The monoisotopic (exact) mass is 462 g/mol. The van der Waals surface area contributed by atoms with Crippen molar-refractivity contribution in [3.05, 3.63) is 101 Å². The Hall–Kier alpha value is -2.96. The SMILES string of the molecule is Cc1ccc([C@@H](NC(=O)c2ccc(C)c(S(=O)(=O)N3CCCCC3)c2)c2ccccc2)cc1. The van der Waals surface area contributed by atoms with Gasteiger partial charge < -0.3 is 5.32 Å². The molecule has 1 aliphatic rings. The highest BCUT2D eigenvalue weighted by atomic mass is 32.2. The van der Waals surface area contributed by atoms with Crippen molar-refractivity contribution >= 4 is 15.9 Å². The highest BCUT2D eigenvalue weighted by Gasteiger charge is 2.28. The van der Waals surface area contributed by atoms with Crippen LogP contribution in [0.1, 0.15) is 57.9 Å². The smallest absolute Gasteiger partial charge is 0.252 e. The minimum atomic E-state index is -3.63. The van der Waals surface area contributed by atoms with E-state index in [1.165, 1.54) is 6.07 Å². The molecular formula is C27H30N2O3S. The maximum Gasteiger partial charge on any atom is 0.252 e. The van der Waals surface area contributed by atoms with Crippen LogP contribution in [0.2, 0.25) is 0 Å². The maximum absolute atomic E-state index is 13.3. The number of nitrogens with one attached hydrogen (secondary N) is 1. The third-order valence-corrected chi connectivity index (χ3v) is 8.24. The Balaban J connectivity index is 1.65. The summed E-state index contributed by atoms with van der Waals surface area (Å²) in [5.74, 6) is -0.306. The fourth-order valence-corrected chi connectivity index (χ4v) is 6.01. The third kappa shape index (κ3) is 5.18. The molecule has 0 spiro atoms. The van der Waals surface area contributed by atoms with E-state index >= 15 is 0 Å². The molecule has 172 valence electrons. The molecule has 6 heteroatoms. The lowest BCUT2D eigenvalue weighted by atomic mass is 9.97. The Labute approximate surface area is 196 Å². The van der Waals surface area contributed by atoms with Gasteiger partial charge in [0.1, 0.15) is 0 Å². The van der Waals surface area contributed by atoms with Gasteiger partial charge in [-0.3, -0.25) is 4.79 Å². The number of nitrogens with zero attached hydrogens (tertiary/aromatic N) is 1. The number of carbonyl (C=O) groups is 1. The number of rotatable bonds is 6. The summed E-state index contributed by atoms with van der Waals surface area (Å²) < 4.78 is 28.1. The fraction of sp³-hybridized carbons (Fsp3) is 0.296. The van der Waals surface area contributed by atoms with Gasteiger partial charge in [-0.25, -0.2) is 8.42 Å². The minimum Gasteiger partial charge on any atom is -0.341 e. The second kappa shape index (κ2) is 9.89. The van der Waals surface area contributed by atoms with Gasteiger partial charge in [0.2, 0.25) is 10.0 Å². The van der Waals surface area contributed by atoms with Gasteiger partial charge in [-0.2, -0.15) is 4.31 Å². The predicted molar refractivity (Wildman–Crippen MR) is 131 cm³/mol. The lowest BCUT2D eigenvalue weighted by Crippen LogP contribution is -2.36. The van der Waals surface area contributed by atoms with Crippen LogP contribution in [0, 0.1) is 13.8 Å². The van der Waals surface area contributed by atoms with Crippen LogP contribution in [0.3, 0.4) is 0 Å². The number of piperidine rings is 1. The number of hydrogen-bond acceptors (Lipinski definition) is 3. The molecule has 3 aromatic carbocycles. The van der Waals surface area contributed by atoms with Gasteiger partial charge in [-0.15, -0.1) is 0 Å². The van der Waals surface area contributed by atoms with Gasteiger partial charge in [-0.1, -0.05) is 72.6 Å². The number of sulfonamides is 1. The first-order chi connectivity index (χ1) is 15.9. The summed E-state index contributed by atoms with van der Waals surface area (Å²) >= 11 is 0. The lowest BCUT2D eigenvalue weighted by molar-refractivity contribution is 0.0942. The van der Waals surface area contributed by atoms with Gasteiger partial charge in [0.25, 0.3) is 5.91 Å². The zero-order chi connectivity index (χ0) is 23.4. The average molecular weight is 463 g/mol. The van der Waals surface area contributed by atoms with Crippen molar-refractivity contribution in [1.29, 1.82) is 0 Å². The van der Waals surface area contributed by atoms with Gasteiger partial charge in [-0.05, 0) is 55.5 Å². The molecule has 1 saturated heterocycles. The largest absolute Gasteiger partial charge is 0.341 e. The van der Waals surface area contributed by atoms with Crippen molar-refractivity contribution < 1.29 is 13.2 Å². The van der Waals surface area contributed by atoms with E-state index in [-0.39, 0.29) is 16.8 Å². The topological polar surface area (TPSA) is 66.5 Å². The van der Waals surface area contributed by atoms with Crippen LogP contribution < -0.4 is 5.32 Å². The number of benzene rings is 3. The molecule has 1 fully saturated rings. The van der Waals surface area contributed by atoms with E-state index in [0.717, 1.165) is 36.0 Å². The zero-order valence-electron chi connectivity index (χ0n) is 19.1. The zero-order valence-corrected chi connectivity index (χ0v) is 19.9. The van der Waals surface area contributed by atoms with E-state index in [9.17, 15) is 13.2 Å². The quantitative estimate of drug-likeness (QED) is 0.561. The standard InChI is InChI=1S/C27H30N2O3S/c1-20-11-14-23(15-12-20)26(22-9-5-3-6-10-22)28-27(30)24-16-13-21(2)25(19-24)33(31,32)29-17-7-4-8-18-29/h3,5-6,9-16,19,26H,4,7-8,17-18H2,1-2H3,(H,28,30)/t26-/m0/s1. The second-order valence-corrected chi connectivity index (χ2v) is 10.6. The molecule has 1 amide bonds. The van der Waals surface area contributed by atoms with Crippen molar-refractivity contribution in [2.45, 2.75) is 44.0 Å². The van der Waals surface area contributed by atoms with E-state index in [4.69, 9.17) is 0 Å². The van der Waals surface area contributed by atoms with E-state index < -0.39 is 10.0 Å². The van der Waals surface area contributed by atoms with Gasteiger partial charge in [0.05, 0.1) is 10.9 Å². The molecule has 1 atom stereocenters. The molecule has 0 aliphatic carbocycles. The van der Waals surface area contributed by atoms with Crippen LogP contribution in [0.4, 0.5) is 0 Å². The van der Waals surface area contributed by atoms with Crippen molar-refractivity contribution in [2.24, 2.45) is 0 Å². The molecule has 0 bridgehead atoms. The molecule has 5 nitrogen and oxygen atoms in total. The molecule has 33 heavy (non-hydrogen) atoms. The van der Waals surface area contributed by atoms with Crippen LogP contribution in [-0.4, -0.2) is 31.7 Å². The van der Waals surface area contributed by atoms with Crippen molar-refractivity contribution in [3.8, 4) is 0 Å². The summed E-state index contributed by atoms with van der Waals surface area (Å²) in [6, 6.07) is 22.4. The molecule has 0 aromatic heterocycles. The number of aryl methyl sites for hydroxylation is 2. The first-order valence-corrected chi connectivity index (χ1v) is 12.8. The normalized spacial score (nSPS) is 15.7. The van der Waals surface area contributed by atoms with Gasteiger partial charge >= 0.3 is 0 Å². The van der Waals surface area contributed by atoms with Crippen LogP contribution >= 0.6 is 0 Å². The molecule has 0 radical (unpaired) electrons. The number of amides is 1. The van der Waals surface area contributed by atoms with Crippen LogP contribution in [0.15, 0.2) is 77.7 Å². The second-order valence-electron chi connectivity index (χ2n) is 8.67. The third-order valence-electron chi connectivity index (χ3n) is 6.20. The summed E-state index contributed by atoms with van der Waals surface area (Å²) in [6.45, 7) is 4.86. The molecule has 3 aromatic rings. The Bertz CT molecular complexity index is 1220. The molecular weight excluding hydrogens is 432 g/mol. The van der Waals surface area contributed by atoms with Gasteiger partial charge in [0.15, 0.2) is 0 Å². The summed E-state index contributed by atoms with van der Waals surface area (Å²) in [6.07, 6.45) is 2.79. The Kier molecular flexibility index (Phi) is 6.96. The average Bonchev–Trinajstić information content (AvgIpc) is 2.84. The lowest BCUT2D eigenvalue weighted by Gasteiger charge is -2.27. The summed E-state index contributed by atoms with van der Waals surface area (Å²) in [4.78, 5) is 13.5. The first-order valence-electron chi connectivity index (χ1n) is 11.4. The number of hydrogen-bond donors (Lipinski definition) is 1. The number of carbonyl (C=O) groups excluding carboxylic acids is 1. The summed E-state index contributed by atoms with van der Waals surface area (Å²) in [5, 5.41) is 3.12. The van der Waals surface area contributed by atoms with E-state index in [1.807, 2.05) is 61.5 Å². The highest BCUT2D eigenvalue weighted by molar-refractivity contribution is 7.89. The van der Waals surface area contributed by atoms with Gasteiger partial charge in [0, 0.05) is 18.7 Å². The molecule has 0 saturated carbocycles. The Morgan fingerprint density at radius 1 is 0.848 bits per heavy atom. The minimum absolute atomic E-state index is 0.212. The summed E-state index contributed by atoms with van der Waals surface area (Å²) in [7, 11) is -3.63. The Morgan fingerprint density at radius 3 is 2.15 bits per heavy atom. The Morgan fingerprint density at radius 2 is 1.48 bits per heavy atom. The predicted octanol–water partition coefficient (Wildman–Crippen LogP) is 5.00. The van der Waals surface area contributed by atoms with Crippen molar-refractivity contribution in [3.63, 3.8) is 0 Å². The van der Waals surface area contributed by atoms with Crippen molar-refractivity contribution in [2.75, 3.05) is 13.1 Å². The van der Waals surface area contributed by atoms with E-state index in [0.29, 0.717) is 24.2 Å². The molecule has 1 aliphatic heterocycles. The molecule has 4 rings (SSSR count). The first kappa shape index (κ1) is 23.2. The maximum atomic E-state index is 13.3. The highest BCUT2D eigenvalue weighted by Crippen LogP contribution is 2.26. The fourth-order valence-electron chi connectivity index (χ4n) is 4.24. The molecule has 1 heterocycles.